The molecule has 0 bridgehead atoms. The first kappa shape index (κ1) is 20.1. The van der Waals surface area contributed by atoms with Gasteiger partial charge in [-0.2, -0.15) is 0 Å². The highest BCUT2D eigenvalue weighted by molar-refractivity contribution is 6.96. The molecular formula is C18H20Cl2O3Si2. The van der Waals surface area contributed by atoms with Crippen molar-refractivity contribution in [2.45, 2.75) is 26.2 Å². The van der Waals surface area contributed by atoms with Gasteiger partial charge in [-0.05, 0) is 59.8 Å². The van der Waals surface area contributed by atoms with Gasteiger partial charge in [-0.3, -0.25) is 9.59 Å². The van der Waals surface area contributed by atoms with Gasteiger partial charge in [-0.1, -0.05) is 48.5 Å². The maximum absolute atomic E-state index is 11.2. The van der Waals surface area contributed by atoms with Crippen LogP contribution in [-0.2, 0) is 4.12 Å². The summed E-state index contributed by atoms with van der Waals surface area (Å²) in [6, 6.07) is 14.6. The van der Waals surface area contributed by atoms with Crippen LogP contribution >= 0.6 is 23.2 Å². The summed E-state index contributed by atoms with van der Waals surface area (Å²) in [4.78, 5) is 22.4. The van der Waals surface area contributed by atoms with Crippen molar-refractivity contribution in [1.29, 1.82) is 0 Å². The fourth-order valence-corrected chi connectivity index (χ4v) is 11.0. The smallest absolute Gasteiger partial charge is 0.252 e. The molecule has 0 aromatic heterocycles. The molecule has 0 aliphatic carbocycles. The second-order valence-corrected chi connectivity index (χ2v) is 15.5. The van der Waals surface area contributed by atoms with Crippen molar-refractivity contribution in [2.24, 2.45) is 0 Å². The minimum absolute atomic E-state index is 0.462. The zero-order chi connectivity index (χ0) is 18.8. The molecule has 2 aromatic rings. The van der Waals surface area contributed by atoms with E-state index in [0.717, 1.165) is 10.4 Å². The molecule has 3 nitrogen and oxygen atoms in total. The fourth-order valence-electron chi connectivity index (χ4n) is 2.76. The predicted molar refractivity (Wildman–Crippen MR) is 109 cm³/mol. The molecule has 0 fully saturated rings. The first-order valence-corrected chi connectivity index (χ1v) is 14.4. The maximum Gasteiger partial charge on any atom is 0.252 e. The topological polar surface area (TPSA) is 43.4 Å². The Hall–Kier alpha value is -1.25. The van der Waals surface area contributed by atoms with E-state index >= 15 is 0 Å². The van der Waals surface area contributed by atoms with Gasteiger partial charge in [0.1, 0.15) is 0 Å². The van der Waals surface area contributed by atoms with Crippen molar-refractivity contribution in [1.82, 2.24) is 0 Å². The van der Waals surface area contributed by atoms with Crippen LogP contribution in [0.4, 0.5) is 0 Å². The van der Waals surface area contributed by atoms with Crippen LogP contribution in [0.25, 0.3) is 0 Å². The molecule has 0 aliphatic rings. The summed E-state index contributed by atoms with van der Waals surface area (Å²) in [5.41, 5.74) is 0.959. The van der Waals surface area contributed by atoms with E-state index < -0.39 is 27.1 Å². The lowest BCUT2D eigenvalue weighted by molar-refractivity contribution is 0.107. The van der Waals surface area contributed by atoms with Crippen LogP contribution in [0.2, 0.25) is 26.2 Å². The Bertz CT molecular complexity index is 717. The molecule has 0 saturated heterocycles. The fraction of sp³-hybridized carbons (Fsp3) is 0.222. The van der Waals surface area contributed by atoms with Crippen molar-refractivity contribution in [3.8, 4) is 0 Å². The zero-order valence-corrected chi connectivity index (χ0v) is 18.1. The normalized spacial score (nSPS) is 12.1. The van der Waals surface area contributed by atoms with E-state index in [1.807, 2.05) is 24.3 Å². The molecule has 0 saturated carbocycles. The van der Waals surface area contributed by atoms with Gasteiger partial charge >= 0.3 is 0 Å². The molecule has 0 heterocycles. The lowest BCUT2D eigenvalue weighted by Crippen LogP contribution is -2.57. The van der Waals surface area contributed by atoms with Crippen molar-refractivity contribution in [3.63, 3.8) is 0 Å². The van der Waals surface area contributed by atoms with Gasteiger partial charge < -0.3 is 4.12 Å². The largest absolute Gasteiger partial charge is 0.449 e. The highest BCUT2D eigenvalue weighted by atomic mass is 35.5. The summed E-state index contributed by atoms with van der Waals surface area (Å²) in [5, 5.41) is 1.27. The molecule has 0 radical (unpaired) electrons. The zero-order valence-electron chi connectivity index (χ0n) is 14.6. The lowest BCUT2D eigenvalue weighted by Gasteiger charge is -2.34. The molecule has 0 N–H and O–H groups in total. The van der Waals surface area contributed by atoms with Gasteiger partial charge in [-0.25, -0.2) is 0 Å². The van der Waals surface area contributed by atoms with E-state index in [9.17, 15) is 9.59 Å². The number of carbonyl (C=O) groups is 2. The van der Waals surface area contributed by atoms with Crippen LogP contribution < -0.4 is 10.4 Å². The third-order valence-electron chi connectivity index (χ3n) is 4.12. The number of benzene rings is 2. The Morgan fingerprint density at radius 3 is 1.20 bits per heavy atom. The number of hydrogen-bond donors (Lipinski definition) is 0. The molecule has 2 rings (SSSR count). The summed E-state index contributed by atoms with van der Waals surface area (Å²) in [6.07, 6.45) is 0. The van der Waals surface area contributed by atoms with Crippen molar-refractivity contribution in [3.05, 3.63) is 59.7 Å². The molecule has 0 aliphatic heterocycles. The SMILES string of the molecule is C[Si](C)(O[Si](C)(C)c1ccc(C(=O)Cl)cc1)c1ccc(C(=O)Cl)cc1. The van der Waals surface area contributed by atoms with Crippen LogP contribution in [0.5, 0.6) is 0 Å². The molecule has 0 amide bonds. The number of hydrogen-bond acceptors (Lipinski definition) is 3. The summed E-state index contributed by atoms with van der Waals surface area (Å²) >= 11 is 11.0. The average molecular weight is 411 g/mol. The minimum atomic E-state index is -2.18. The molecule has 132 valence electrons. The van der Waals surface area contributed by atoms with E-state index in [-0.39, 0.29) is 0 Å². The number of halogens is 2. The lowest BCUT2D eigenvalue weighted by atomic mass is 10.2. The number of rotatable bonds is 6. The van der Waals surface area contributed by atoms with Crippen molar-refractivity contribution >= 4 is 60.7 Å². The van der Waals surface area contributed by atoms with Gasteiger partial charge in [0.25, 0.3) is 10.5 Å². The summed E-state index contributed by atoms with van der Waals surface area (Å²) < 4.78 is 6.64. The maximum atomic E-state index is 11.2. The molecule has 0 spiro atoms. The van der Waals surface area contributed by atoms with Crippen LogP contribution in [0.15, 0.2) is 48.5 Å². The number of carbonyl (C=O) groups excluding carboxylic acids is 2. The highest BCUT2D eigenvalue weighted by Gasteiger charge is 2.36. The molecule has 0 atom stereocenters. The Morgan fingerprint density at radius 2 is 0.960 bits per heavy atom. The van der Waals surface area contributed by atoms with Gasteiger partial charge in [0.2, 0.25) is 16.6 Å². The Balaban J connectivity index is 2.24. The third kappa shape index (κ3) is 4.89. The second kappa shape index (κ2) is 7.55. The van der Waals surface area contributed by atoms with E-state index in [4.69, 9.17) is 27.3 Å². The molecule has 0 unspecified atom stereocenters. The first-order valence-electron chi connectivity index (χ1n) is 7.84. The molecular weight excluding hydrogens is 391 g/mol. The van der Waals surface area contributed by atoms with E-state index in [1.165, 1.54) is 0 Å². The van der Waals surface area contributed by atoms with Gasteiger partial charge in [-0.15, -0.1) is 0 Å². The quantitative estimate of drug-likeness (QED) is 0.533. The first-order chi connectivity index (χ1) is 11.5. The van der Waals surface area contributed by atoms with Crippen LogP contribution in [0, 0.1) is 0 Å². The van der Waals surface area contributed by atoms with Crippen LogP contribution in [0.1, 0.15) is 20.7 Å². The van der Waals surface area contributed by atoms with E-state index in [0.29, 0.717) is 11.1 Å². The average Bonchev–Trinajstić information content (AvgIpc) is 2.54. The summed E-state index contributed by atoms with van der Waals surface area (Å²) in [5.74, 6) is 0. The Labute approximate surface area is 160 Å². The van der Waals surface area contributed by atoms with Crippen LogP contribution in [-0.4, -0.2) is 27.1 Å². The van der Waals surface area contributed by atoms with Crippen LogP contribution in [0.3, 0.4) is 0 Å². The van der Waals surface area contributed by atoms with Gasteiger partial charge in [0.15, 0.2) is 0 Å². The van der Waals surface area contributed by atoms with E-state index in [2.05, 4.69) is 26.2 Å². The molecule has 25 heavy (non-hydrogen) atoms. The molecule has 7 heteroatoms. The van der Waals surface area contributed by atoms with Gasteiger partial charge in [0.05, 0.1) is 0 Å². The Kier molecular flexibility index (Phi) is 6.06. The highest BCUT2D eigenvalue weighted by Crippen LogP contribution is 2.16. The predicted octanol–water partition coefficient (Wildman–Crippen LogP) is 3.99. The minimum Gasteiger partial charge on any atom is -0.449 e. The summed E-state index contributed by atoms with van der Waals surface area (Å²) in [6.45, 7) is 8.54. The standard InChI is InChI=1S/C18H20Cl2O3Si2/c1-24(2,15-9-5-13(6-10-15)17(19)21)23-25(3,4)16-11-7-14(8-12-16)18(20)22/h5-12H,1-4H3. The van der Waals surface area contributed by atoms with Crippen molar-refractivity contribution in [2.75, 3.05) is 0 Å². The van der Waals surface area contributed by atoms with Gasteiger partial charge in [0, 0.05) is 11.1 Å². The monoisotopic (exact) mass is 410 g/mol. The van der Waals surface area contributed by atoms with Crippen molar-refractivity contribution < 1.29 is 13.7 Å². The Morgan fingerprint density at radius 1 is 0.680 bits per heavy atom. The second-order valence-electron chi connectivity index (χ2n) is 6.82. The third-order valence-corrected chi connectivity index (χ3v) is 12.1. The summed E-state index contributed by atoms with van der Waals surface area (Å²) in [7, 11) is -4.35. The van der Waals surface area contributed by atoms with E-state index in [1.54, 1.807) is 24.3 Å². The molecule has 2 aromatic carbocycles.